The second-order valence-corrected chi connectivity index (χ2v) is 9.40. The molecule has 30 heavy (non-hydrogen) atoms. The maximum Gasteiger partial charge on any atom is 0.417 e. The Kier molecular flexibility index (Phi) is 5.88. The summed E-state index contributed by atoms with van der Waals surface area (Å²) in [6.45, 7) is 6.55. The molecule has 2 aromatic carbocycles. The van der Waals surface area contributed by atoms with Crippen molar-refractivity contribution in [3.8, 4) is 0 Å². The molecule has 4 nitrogen and oxygen atoms in total. The van der Waals surface area contributed by atoms with Crippen LogP contribution in [-0.2, 0) is 4.74 Å². The first kappa shape index (κ1) is 20.9. The van der Waals surface area contributed by atoms with E-state index in [-0.39, 0.29) is 12.0 Å². The maximum atomic E-state index is 13.4. The van der Waals surface area contributed by atoms with E-state index >= 15 is 0 Å². The van der Waals surface area contributed by atoms with Gasteiger partial charge in [-0.25, -0.2) is 9.69 Å². The molecule has 4 atom stereocenters. The lowest BCUT2D eigenvalue weighted by Gasteiger charge is -2.37. The SMILES string of the molecule is CC(C)[C@H]1CC[C@@H](C)C[C@H]1OC(=O)N1C(=O)c2ccccc2[C@@H]1c1ccc(Cl)cc1. The van der Waals surface area contributed by atoms with E-state index in [2.05, 4.69) is 20.8 Å². The number of benzene rings is 2. The molecular formula is C25H28ClNO3. The Balaban J connectivity index is 1.66. The Hall–Kier alpha value is -2.33. The Morgan fingerprint density at radius 3 is 2.50 bits per heavy atom. The number of nitrogens with zero attached hydrogens (tertiary/aromatic N) is 1. The maximum absolute atomic E-state index is 13.4. The van der Waals surface area contributed by atoms with Crippen LogP contribution in [0.1, 0.15) is 67.6 Å². The van der Waals surface area contributed by atoms with Crippen molar-refractivity contribution in [2.45, 2.75) is 52.2 Å². The molecule has 158 valence electrons. The third kappa shape index (κ3) is 3.85. The van der Waals surface area contributed by atoms with Crippen molar-refractivity contribution in [1.82, 2.24) is 4.90 Å². The molecule has 0 saturated heterocycles. The fourth-order valence-electron chi connectivity index (χ4n) is 4.91. The van der Waals surface area contributed by atoms with Crippen molar-refractivity contribution in [3.05, 3.63) is 70.2 Å². The average molecular weight is 426 g/mol. The molecule has 1 saturated carbocycles. The summed E-state index contributed by atoms with van der Waals surface area (Å²) < 4.78 is 6.04. The zero-order chi connectivity index (χ0) is 21.4. The minimum absolute atomic E-state index is 0.163. The highest BCUT2D eigenvalue weighted by molar-refractivity contribution is 6.30. The lowest BCUT2D eigenvalue weighted by Crippen LogP contribution is -2.42. The lowest BCUT2D eigenvalue weighted by molar-refractivity contribution is -0.01000. The van der Waals surface area contributed by atoms with E-state index in [1.807, 2.05) is 30.3 Å². The highest BCUT2D eigenvalue weighted by Crippen LogP contribution is 2.41. The molecule has 1 aliphatic heterocycles. The summed E-state index contributed by atoms with van der Waals surface area (Å²) in [6, 6.07) is 14.2. The van der Waals surface area contributed by atoms with Crippen molar-refractivity contribution < 1.29 is 14.3 Å². The summed E-state index contributed by atoms with van der Waals surface area (Å²) in [5.41, 5.74) is 2.21. The van der Waals surface area contributed by atoms with Crippen LogP contribution >= 0.6 is 11.6 Å². The minimum Gasteiger partial charge on any atom is -0.445 e. The number of ether oxygens (including phenoxy) is 1. The van der Waals surface area contributed by atoms with Crippen LogP contribution in [0.15, 0.2) is 48.5 Å². The molecule has 0 aromatic heterocycles. The van der Waals surface area contributed by atoms with Crippen molar-refractivity contribution in [2.75, 3.05) is 0 Å². The van der Waals surface area contributed by atoms with Crippen LogP contribution in [0.5, 0.6) is 0 Å². The van der Waals surface area contributed by atoms with Crippen LogP contribution in [0, 0.1) is 17.8 Å². The van der Waals surface area contributed by atoms with Crippen LogP contribution in [0.4, 0.5) is 4.79 Å². The van der Waals surface area contributed by atoms with Gasteiger partial charge in [-0.1, -0.05) is 69.1 Å². The van der Waals surface area contributed by atoms with E-state index in [1.165, 1.54) is 4.90 Å². The molecule has 0 spiro atoms. The molecule has 0 unspecified atom stereocenters. The first-order valence-electron chi connectivity index (χ1n) is 10.8. The number of fused-ring (bicyclic) bond motifs is 1. The number of hydrogen-bond acceptors (Lipinski definition) is 3. The summed E-state index contributed by atoms with van der Waals surface area (Å²) in [6.07, 6.45) is 2.32. The van der Waals surface area contributed by atoms with Crippen molar-refractivity contribution >= 4 is 23.6 Å². The molecule has 1 aliphatic carbocycles. The third-order valence-corrected chi connectivity index (χ3v) is 6.81. The van der Waals surface area contributed by atoms with Gasteiger partial charge in [-0.3, -0.25) is 4.79 Å². The second kappa shape index (κ2) is 8.43. The molecule has 2 aromatic rings. The van der Waals surface area contributed by atoms with Crippen LogP contribution in [-0.4, -0.2) is 23.0 Å². The predicted octanol–water partition coefficient (Wildman–Crippen LogP) is 6.48. The van der Waals surface area contributed by atoms with E-state index in [0.29, 0.717) is 28.3 Å². The van der Waals surface area contributed by atoms with Crippen molar-refractivity contribution in [1.29, 1.82) is 0 Å². The normalized spacial score (nSPS) is 26.0. The van der Waals surface area contributed by atoms with Crippen LogP contribution in [0.25, 0.3) is 0 Å². The standard InChI is InChI=1S/C25H28ClNO3/c1-15(2)19-13-8-16(3)14-22(19)30-25(29)27-23(17-9-11-18(26)12-10-17)20-6-4-5-7-21(20)24(27)28/h4-7,9-12,15-16,19,22-23H,8,13-14H2,1-3H3/t16-,19-,22-,23+/m1/s1. The minimum atomic E-state index is -0.555. The third-order valence-electron chi connectivity index (χ3n) is 6.56. The van der Waals surface area contributed by atoms with Gasteiger partial charge in [0, 0.05) is 10.6 Å². The summed E-state index contributed by atoms with van der Waals surface area (Å²) in [5.74, 6) is 0.949. The molecule has 5 heteroatoms. The predicted molar refractivity (Wildman–Crippen MR) is 118 cm³/mol. The number of rotatable bonds is 3. The number of carbonyl (C=O) groups is 2. The van der Waals surface area contributed by atoms with E-state index in [9.17, 15) is 9.59 Å². The van der Waals surface area contributed by atoms with Crippen LogP contribution in [0.3, 0.4) is 0 Å². The molecule has 0 N–H and O–H groups in total. The number of carbonyl (C=O) groups excluding carboxylic acids is 2. The van der Waals surface area contributed by atoms with E-state index in [0.717, 1.165) is 30.4 Å². The molecule has 1 fully saturated rings. The van der Waals surface area contributed by atoms with E-state index < -0.39 is 12.1 Å². The number of hydrogen-bond donors (Lipinski definition) is 0. The summed E-state index contributed by atoms with van der Waals surface area (Å²) >= 11 is 6.06. The zero-order valence-corrected chi connectivity index (χ0v) is 18.4. The topological polar surface area (TPSA) is 46.6 Å². The van der Waals surface area contributed by atoms with Crippen LogP contribution < -0.4 is 0 Å². The van der Waals surface area contributed by atoms with Crippen molar-refractivity contribution in [2.24, 2.45) is 17.8 Å². The first-order valence-corrected chi connectivity index (χ1v) is 11.1. The van der Waals surface area contributed by atoms with E-state index in [1.54, 1.807) is 18.2 Å². The smallest absolute Gasteiger partial charge is 0.417 e. The molecule has 0 radical (unpaired) electrons. The molecule has 0 bridgehead atoms. The average Bonchev–Trinajstić information content (AvgIpc) is 3.01. The van der Waals surface area contributed by atoms with Gasteiger partial charge in [0.2, 0.25) is 0 Å². The lowest BCUT2D eigenvalue weighted by atomic mass is 9.75. The highest BCUT2D eigenvalue weighted by Gasteiger charge is 2.44. The van der Waals surface area contributed by atoms with Gasteiger partial charge in [0.25, 0.3) is 5.91 Å². The molecular weight excluding hydrogens is 398 g/mol. The Labute approximate surface area is 183 Å². The van der Waals surface area contributed by atoms with Crippen LogP contribution in [0.2, 0.25) is 5.02 Å². The fraction of sp³-hybridized carbons (Fsp3) is 0.440. The van der Waals surface area contributed by atoms with Gasteiger partial charge in [0.1, 0.15) is 6.10 Å². The Morgan fingerprint density at radius 2 is 1.80 bits per heavy atom. The molecule has 4 rings (SSSR count). The van der Waals surface area contributed by atoms with Gasteiger partial charge in [0.05, 0.1) is 6.04 Å². The summed E-state index contributed by atoms with van der Waals surface area (Å²) in [5, 5.41) is 0.612. The van der Waals surface area contributed by atoms with E-state index in [4.69, 9.17) is 16.3 Å². The monoisotopic (exact) mass is 425 g/mol. The zero-order valence-electron chi connectivity index (χ0n) is 17.7. The van der Waals surface area contributed by atoms with Gasteiger partial charge in [-0.15, -0.1) is 0 Å². The largest absolute Gasteiger partial charge is 0.445 e. The van der Waals surface area contributed by atoms with Gasteiger partial charge < -0.3 is 4.74 Å². The van der Waals surface area contributed by atoms with Crippen molar-refractivity contribution in [3.63, 3.8) is 0 Å². The molecule has 2 aliphatic rings. The first-order chi connectivity index (χ1) is 14.4. The quantitative estimate of drug-likeness (QED) is 0.565. The van der Waals surface area contributed by atoms with Gasteiger partial charge >= 0.3 is 6.09 Å². The van der Waals surface area contributed by atoms with Gasteiger partial charge in [0.15, 0.2) is 0 Å². The summed E-state index contributed by atoms with van der Waals surface area (Å²) in [4.78, 5) is 27.9. The number of halogens is 1. The van der Waals surface area contributed by atoms with Gasteiger partial charge in [-0.2, -0.15) is 0 Å². The molecule has 1 heterocycles. The summed E-state index contributed by atoms with van der Waals surface area (Å²) in [7, 11) is 0. The molecule has 2 amide bonds. The van der Waals surface area contributed by atoms with Gasteiger partial charge in [-0.05, 0) is 59.9 Å². The second-order valence-electron chi connectivity index (χ2n) is 8.96. The highest BCUT2D eigenvalue weighted by atomic mass is 35.5. The Bertz CT molecular complexity index is 940. The fourth-order valence-corrected chi connectivity index (χ4v) is 5.04. The number of amides is 2. The Morgan fingerprint density at radius 1 is 1.10 bits per heavy atom. The number of imide groups is 1.